The first kappa shape index (κ1) is 11.5. The van der Waals surface area contributed by atoms with Crippen LogP contribution in [-0.4, -0.2) is 21.2 Å². The number of Topliss-reactive ketones (excluding diaryl/α,β-unsaturated/α-hetero) is 2. The highest BCUT2D eigenvalue weighted by atomic mass is 35.5. The highest BCUT2D eigenvalue weighted by Crippen LogP contribution is 2.11. The molecule has 0 saturated heterocycles. The van der Waals surface area contributed by atoms with Crippen molar-refractivity contribution >= 4 is 58.0 Å². The molecule has 0 aliphatic heterocycles. The smallest absolute Gasteiger partial charge is 0.173 e. The molecule has 2 nitrogen and oxygen atoms in total. The zero-order valence-corrected chi connectivity index (χ0v) is 8.21. The van der Waals surface area contributed by atoms with Crippen LogP contribution in [0.5, 0.6) is 0 Å². The summed E-state index contributed by atoms with van der Waals surface area (Å²) in [5, 5.41) is 0. The molecule has 6 heteroatoms. The predicted octanol–water partition coefficient (Wildman–Crippen LogP) is 2.12. The van der Waals surface area contributed by atoms with Gasteiger partial charge in [-0.25, -0.2) is 0 Å². The molecule has 0 amide bonds. The van der Waals surface area contributed by atoms with E-state index >= 15 is 0 Å². The van der Waals surface area contributed by atoms with Crippen molar-refractivity contribution in [1.82, 2.24) is 0 Å². The molecule has 0 radical (unpaired) electrons. The average molecular weight is 238 g/mol. The lowest BCUT2D eigenvalue weighted by atomic mass is 10.2. The summed E-state index contributed by atoms with van der Waals surface area (Å²) in [6, 6.07) is 0. The molecule has 0 bridgehead atoms. The van der Waals surface area contributed by atoms with Gasteiger partial charge in [0.1, 0.15) is 0 Å². The van der Waals surface area contributed by atoms with Crippen LogP contribution in [0.2, 0.25) is 0 Å². The summed E-state index contributed by atoms with van der Waals surface area (Å²) < 4.78 is 0. The van der Waals surface area contributed by atoms with Gasteiger partial charge < -0.3 is 0 Å². The quantitative estimate of drug-likeness (QED) is 0.555. The van der Waals surface area contributed by atoms with Gasteiger partial charge in [-0.15, -0.1) is 0 Å². The maximum atomic E-state index is 10.7. The standard InChI is InChI=1S/C5H4Cl4O2/c6-4(7)2(10)1-3(11)5(8)9/h4-5H,1H2. The molecule has 0 aromatic rings. The summed E-state index contributed by atoms with van der Waals surface area (Å²) in [6.45, 7) is 0. The van der Waals surface area contributed by atoms with Crippen LogP contribution in [0.25, 0.3) is 0 Å². The van der Waals surface area contributed by atoms with E-state index in [0.29, 0.717) is 0 Å². The van der Waals surface area contributed by atoms with E-state index in [1.807, 2.05) is 0 Å². The van der Waals surface area contributed by atoms with Crippen LogP contribution in [0, 0.1) is 0 Å². The molecule has 0 aliphatic carbocycles. The fourth-order valence-electron chi connectivity index (χ4n) is 0.326. The van der Waals surface area contributed by atoms with Gasteiger partial charge in [-0.3, -0.25) is 9.59 Å². The summed E-state index contributed by atoms with van der Waals surface area (Å²) in [5.41, 5.74) is 0. The van der Waals surface area contributed by atoms with Crippen LogP contribution in [0.15, 0.2) is 0 Å². The van der Waals surface area contributed by atoms with Gasteiger partial charge in [-0.1, -0.05) is 46.4 Å². The van der Waals surface area contributed by atoms with Gasteiger partial charge in [0.2, 0.25) is 0 Å². The van der Waals surface area contributed by atoms with E-state index in [-0.39, 0.29) is 0 Å². The van der Waals surface area contributed by atoms with Crippen LogP contribution >= 0.6 is 46.4 Å². The SMILES string of the molecule is O=C(CC(=O)C(Cl)Cl)C(Cl)Cl. The fraction of sp³-hybridized carbons (Fsp3) is 0.600. The van der Waals surface area contributed by atoms with Crippen molar-refractivity contribution in [2.45, 2.75) is 16.1 Å². The summed E-state index contributed by atoms with van der Waals surface area (Å²) in [5.74, 6) is -1.19. The molecule has 0 unspecified atom stereocenters. The van der Waals surface area contributed by atoms with Crippen LogP contribution in [0.3, 0.4) is 0 Å². The predicted molar refractivity (Wildman–Crippen MR) is 45.6 cm³/mol. The molecular weight excluding hydrogens is 234 g/mol. The Labute approximate surface area is 83.7 Å². The lowest BCUT2D eigenvalue weighted by Gasteiger charge is -1.99. The van der Waals surface area contributed by atoms with Gasteiger partial charge >= 0.3 is 0 Å². The second kappa shape index (κ2) is 5.20. The van der Waals surface area contributed by atoms with Crippen molar-refractivity contribution in [3.8, 4) is 0 Å². The van der Waals surface area contributed by atoms with E-state index in [9.17, 15) is 9.59 Å². The van der Waals surface area contributed by atoms with Gasteiger partial charge in [0.05, 0.1) is 6.42 Å². The summed E-state index contributed by atoms with van der Waals surface area (Å²) in [4.78, 5) is 18.9. The van der Waals surface area contributed by atoms with Crippen LogP contribution in [0.4, 0.5) is 0 Å². The molecule has 0 aliphatic rings. The third-order valence-corrected chi connectivity index (χ3v) is 1.81. The Bertz CT molecular complexity index is 148. The van der Waals surface area contributed by atoms with Gasteiger partial charge in [0.25, 0.3) is 0 Å². The fourth-order valence-corrected chi connectivity index (χ4v) is 0.635. The highest BCUT2D eigenvalue weighted by Gasteiger charge is 2.19. The molecule has 0 aromatic carbocycles. The number of ketones is 2. The van der Waals surface area contributed by atoms with Crippen molar-refractivity contribution in [3.63, 3.8) is 0 Å². The third kappa shape index (κ3) is 4.86. The Kier molecular flexibility index (Phi) is 5.44. The van der Waals surface area contributed by atoms with Gasteiger partial charge in [-0.05, 0) is 0 Å². The number of hydrogen-bond donors (Lipinski definition) is 0. The molecule has 0 aromatic heterocycles. The molecule has 11 heavy (non-hydrogen) atoms. The molecule has 0 spiro atoms. The minimum Gasteiger partial charge on any atom is -0.296 e. The zero-order chi connectivity index (χ0) is 9.02. The van der Waals surface area contributed by atoms with Gasteiger partial charge in [0, 0.05) is 0 Å². The normalized spacial score (nSPS) is 10.7. The molecule has 0 N–H and O–H groups in total. The van der Waals surface area contributed by atoms with Crippen molar-refractivity contribution in [1.29, 1.82) is 0 Å². The Balaban J connectivity index is 3.86. The Morgan fingerprint density at radius 1 is 0.909 bits per heavy atom. The number of alkyl halides is 4. The second-order valence-electron chi connectivity index (χ2n) is 1.71. The van der Waals surface area contributed by atoms with E-state index in [2.05, 4.69) is 0 Å². The van der Waals surface area contributed by atoms with Crippen molar-refractivity contribution in [2.75, 3.05) is 0 Å². The zero-order valence-electron chi connectivity index (χ0n) is 5.19. The molecule has 0 fully saturated rings. The minimum atomic E-state index is -1.19. The maximum Gasteiger partial charge on any atom is 0.173 e. The van der Waals surface area contributed by atoms with Crippen molar-refractivity contribution in [2.24, 2.45) is 0 Å². The maximum absolute atomic E-state index is 10.7. The Morgan fingerprint density at radius 2 is 1.18 bits per heavy atom. The summed E-state index contributed by atoms with van der Waals surface area (Å²) in [7, 11) is 0. The van der Waals surface area contributed by atoms with E-state index in [0.717, 1.165) is 0 Å². The minimum absolute atomic E-state index is 0.421. The first-order chi connectivity index (χ1) is 4.95. The molecule has 0 saturated carbocycles. The van der Waals surface area contributed by atoms with E-state index in [1.165, 1.54) is 0 Å². The summed E-state index contributed by atoms with van der Waals surface area (Å²) >= 11 is 20.6. The van der Waals surface area contributed by atoms with Gasteiger partial charge in [-0.2, -0.15) is 0 Å². The Morgan fingerprint density at radius 3 is 1.36 bits per heavy atom. The first-order valence-corrected chi connectivity index (χ1v) is 4.31. The highest BCUT2D eigenvalue weighted by molar-refractivity contribution is 6.57. The van der Waals surface area contributed by atoms with Crippen LogP contribution < -0.4 is 0 Å². The number of carbonyl (C=O) groups is 2. The molecular formula is C5H4Cl4O2. The van der Waals surface area contributed by atoms with Gasteiger partial charge in [0.15, 0.2) is 21.2 Å². The lowest BCUT2D eigenvalue weighted by Crippen LogP contribution is -2.17. The van der Waals surface area contributed by atoms with E-state index < -0.39 is 27.7 Å². The number of rotatable bonds is 4. The largest absolute Gasteiger partial charge is 0.296 e. The van der Waals surface area contributed by atoms with Crippen molar-refractivity contribution in [3.05, 3.63) is 0 Å². The average Bonchev–Trinajstić information content (AvgIpc) is 1.87. The number of hydrogen-bond acceptors (Lipinski definition) is 2. The number of carbonyl (C=O) groups excluding carboxylic acids is 2. The topological polar surface area (TPSA) is 34.1 Å². The Hall–Kier alpha value is 0.500. The molecule has 64 valence electrons. The van der Waals surface area contributed by atoms with Crippen LogP contribution in [0.1, 0.15) is 6.42 Å². The van der Waals surface area contributed by atoms with Crippen molar-refractivity contribution < 1.29 is 9.59 Å². The van der Waals surface area contributed by atoms with Crippen LogP contribution in [-0.2, 0) is 9.59 Å². The van der Waals surface area contributed by atoms with E-state index in [4.69, 9.17) is 46.4 Å². The third-order valence-electron chi connectivity index (χ3n) is 0.835. The second-order valence-corrected chi connectivity index (χ2v) is 3.90. The molecule has 0 rings (SSSR count). The first-order valence-electron chi connectivity index (χ1n) is 2.57. The molecule has 0 atom stereocenters. The molecule has 0 heterocycles. The number of halogens is 4. The summed E-state index contributed by atoms with van der Waals surface area (Å²) in [6.07, 6.45) is -0.421. The van der Waals surface area contributed by atoms with E-state index in [1.54, 1.807) is 0 Å². The monoisotopic (exact) mass is 236 g/mol. The lowest BCUT2D eigenvalue weighted by molar-refractivity contribution is -0.125.